The van der Waals surface area contributed by atoms with Gasteiger partial charge in [0.15, 0.2) is 0 Å². The summed E-state index contributed by atoms with van der Waals surface area (Å²) in [5.41, 5.74) is 1.82. The number of amides is 1. The number of piperidine rings is 1. The highest BCUT2D eigenvalue weighted by atomic mass is 16.7. The first-order chi connectivity index (χ1) is 7.47. The number of nitrogens with one attached hydrogen (secondary N) is 2. The molecule has 0 spiro atoms. The molecular weight excluding hydrogens is 208 g/mol. The molecule has 0 aromatic carbocycles. The second-order valence-electron chi connectivity index (χ2n) is 5.11. The quantitative estimate of drug-likeness (QED) is 0.720. The topological polar surface area (TPSA) is 59.6 Å². The van der Waals surface area contributed by atoms with E-state index in [2.05, 4.69) is 10.8 Å². The summed E-state index contributed by atoms with van der Waals surface area (Å²) >= 11 is 0. The van der Waals surface area contributed by atoms with Crippen LogP contribution in [0.4, 0.5) is 4.79 Å². The average molecular weight is 230 g/mol. The van der Waals surface area contributed by atoms with Gasteiger partial charge in [0.05, 0.1) is 6.61 Å². The minimum atomic E-state index is -0.526. The minimum absolute atomic E-state index is 0.484. The Kier molecular flexibility index (Phi) is 5.02. The molecule has 0 atom stereocenters. The normalized spacial score (nSPS) is 18.2. The molecule has 2 N–H and O–H groups in total. The second-order valence-corrected chi connectivity index (χ2v) is 5.11. The fourth-order valence-corrected chi connectivity index (χ4v) is 1.57. The molecule has 1 saturated heterocycles. The smallest absolute Gasteiger partial charge is 0.431 e. The summed E-state index contributed by atoms with van der Waals surface area (Å²) in [5.74, 6) is 0.524. The predicted molar refractivity (Wildman–Crippen MR) is 60.9 cm³/mol. The largest absolute Gasteiger partial charge is 0.442 e. The number of hydroxylamine groups is 1. The van der Waals surface area contributed by atoms with Crippen LogP contribution in [0.2, 0.25) is 0 Å². The third-order valence-electron chi connectivity index (χ3n) is 2.33. The molecule has 1 aliphatic heterocycles. The molecule has 0 radical (unpaired) electrons. The van der Waals surface area contributed by atoms with Crippen molar-refractivity contribution < 1.29 is 14.4 Å². The van der Waals surface area contributed by atoms with Crippen LogP contribution in [0.5, 0.6) is 0 Å². The van der Waals surface area contributed by atoms with E-state index in [0.717, 1.165) is 25.9 Å². The third-order valence-corrected chi connectivity index (χ3v) is 2.33. The lowest BCUT2D eigenvalue weighted by Crippen LogP contribution is -2.35. The van der Waals surface area contributed by atoms with Crippen molar-refractivity contribution in [1.82, 2.24) is 10.8 Å². The maximum Gasteiger partial charge on any atom is 0.431 e. The lowest BCUT2D eigenvalue weighted by Gasteiger charge is -2.23. The van der Waals surface area contributed by atoms with Crippen molar-refractivity contribution in [3.63, 3.8) is 0 Å². The molecule has 1 fully saturated rings. The summed E-state index contributed by atoms with van der Waals surface area (Å²) in [7, 11) is 0. The van der Waals surface area contributed by atoms with E-state index in [1.165, 1.54) is 0 Å². The van der Waals surface area contributed by atoms with Gasteiger partial charge in [-0.15, -0.1) is 0 Å². The third kappa shape index (κ3) is 5.92. The maximum atomic E-state index is 11.2. The summed E-state index contributed by atoms with van der Waals surface area (Å²) in [6.07, 6.45) is 1.66. The molecule has 1 heterocycles. The maximum absolute atomic E-state index is 11.2. The van der Waals surface area contributed by atoms with Gasteiger partial charge in [-0.25, -0.2) is 4.79 Å². The van der Waals surface area contributed by atoms with E-state index in [4.69, 9.17) is 9.57 Å². The van der Waals surface area contributed by atoms with Gasteiger partial charge in [0.25, 0.3) is 0 Å². The summed E-state index contributed by atoms with van der Waals surface area (Å²) in [6.45, 7) is 8.07. The molecule has 5 heteroatoms. The molecule has 0 saturated carbocycles. The minimum Gasteiger partial charge on any atom is -0.442 e. The highest BCUT2D eigenvalue weighted by Gasteiger charge is 2.17. The molecule has 1 aliphatic rings. The molecule has 0 aromatic heterocycles. The van der Waals surface area contributed by atoms with E-state index in [9.17, 15) is 4.79 Å². The Bertz CT molecular complexity index is 220. The van der Waals surface area contributed by atoms with E-state index in [0.29, 0.717) is 12.5 Å². The van der Waals surface area contributed by atoms with Gasteiger partial charge in [0.2, 0.25) is 0 Å². The number of carbonyl (C=O) groups is 1. The fourth-order valence-electron chi connectivity index (χ4n) is 1.57. The number of rotatable bonds is 3. The van der Waals surface area contributed by atoms with Gasteiger partial charge in [0.1, 0.15) is 5.60 Å². The number of carbonyl (C=O) groups excluding carboxylic acids is 1. The van der Waals surface area contributed by atoms with E-state index in [-0.39, 0.29) is 0 Å². The molecule has 0 aromatic rings. The second kappa shape index (κ2) is 6.06. The first-order valence-corrected chi connectivity index (χ1v) is 5.79. The van der Waals surface area contributed by atoms with Gasteiger partial charge in [0, 0.05) is 0 Å². The Morgan fingerprint density at radius 1 is 1.38 bits per heavy atom. The van der Waals surface area contributed by atoms with Gasteiger partial charge >= 0.3 is 6.09 Å². The van der Waals surface area contributed by atoms with Crippen LogP contribution in [-0.4, -0.2) is 31.4 Å². The molecular formula is C11H22N2O3. The number of ether oxygens (including phenoxy) is 1. The van der Waals surface area contributed by atoms with Crippen LogP contribution in [0.3, 0.4) is 0 Å². The van der Waals surface area contributed by atoms with Crippen LogP contribution in [0.25, 0.3) is 0 Å². The lowest BCUT2D eigenvalue weighted by atomic mass is 10.00. The van der Waals surface area contributed by atoms with Gasteiger partial charge in [-0.05, 0) is 52.6 Å². The average Bonchev–Trinajstić information content (AvgIpc) is 2.16. The molecule has 0 unspecified atom stereocenters. The van der Waals surface area contributed by atoms with Crippen molar-refractivity contribution in [2.75, 3.05) is 19.7 Å². The van der Waals surface area contributed by atoms with Crippen molar-refractivity contribution in [3.05, 3.63) is 0 Å². The van der Waals surface area contributed by atoms with Gasteiger partial charge in [-0.2, -0.15) is 5.48 Å². The summed E-state index contributed by atoms with van der Waals surface area (Å²) in [4.78, 5) is 16.4. The van der Waals surface area contributed by atoms with Gasteiger partial charge in [-0.3, -0.25) is 4.84 Å². The fraction of sp³-hybridized carbons (Fsp3) is 0.909. The van der Waals surface area contributed by atoms with Crippen LogP contribution < -0.4 is 10.8 Å². The number of hydrogen-bond donors (Lipinski definition) is 2. The van der Waals surface area contributed by atoms with E-state index in [1.807, 2.05) is 20.8 Å². The lowest BCUT2D eigenvalue weighted by molar-refractivity contribution is -0.0204. The molecule has 0 bridgehead atoms. The van der Waals surface area contributed by atoms with Crippen molar-refractivity contribution in [2.45, 2.75) is 39.2 Å². The molecule has 5 nitrogen and oxygen atoms in total. The predicted octanol–water partition coefficient (Wildman–Crippen LogP) is 1.44. The molecule has 16 heavy (non-hydrogen) atoms. The molecule has 94 valence electrons. The zero-order chi connectivity index (χ0) is 12.0. The van der Waals surface area contributed by atoms with Crippen molar-refractivity contribution in [3.8, 4) is 0 Å². The Labute approximate surface area is 96.8 Å². The Morgan fingerprint density at radius 3 is 2.56 bits per heavy atom. The van der Waals surface area contributed by atoms with Crippen molar-refractivity contribution in [2.24, 2.45) is 5.92 Å². The zero-order valence-electron chi connectivity index (χ0n) is 10.3. The summed E-state index contributed by atoms with van der Waals surface area (Å²) in [6, 6.07) is 0. The van der Waals surface area contributed by atoms with Gasteiger partial charge in [-0.1, -0.05) is 0 Å². The first-order valence-electron chi connectivity index (χ1n) is 5.79. The zero-order valence-corrected chi connectivity index (χ0v) is 10.3. The SMILES string of the molecule is CC(C)(C)OC(=O)NOCC1CCNCC1. The Hall–Kier alpha value is -0.810. The summed E-state index contributed by atoms with van der Waals surface area (Å²) in [5, 5.41) is 3.28. The number of hydrogen-bond acceptors (Lipinski definition) is 4. The van der Waals surface area contributed by atoms with Gasteiger partial charge < -0.3 is 10.1 Å². The van der Waals surface area contributed by atoms with Crippen LogP contribution in [0, 0.1) is 5.92 Å². The monoisotopic (exact) mass is 230 g/mol. The van der Waals surface area contributed by atoms with Crippen LogP contribution in [0.1, 0.15) is 33.6 Å². The summed E-state index contributed by atoms with van der Waals surface area (Å²) < 4.78 is 5.04. The van der Waals surface area contributed by atoms with E-state index < -0.39 is 11.7 Å². The van der Waals surface area contributed by atoms with Crippen LogP contribution in [0.15, 0.2) is 0 Å². The Balaban J connectivity index is 2.08. The molecule has 1 amide bonds. The first kappa shape index (κ1) is 13.3. The van der Waals surface area contributed by atoms with E-state index >= 15 is 0 Å². The standard InChI is InChI=1S/C11H22N2O3/c1-11(2,3)16-10(14)13-15-8-9-4-6-12-7-5-9/h9,12H,4-8H2,1-3H3,(H,13,14). The van der Waals surface area contributed by atoms with Crippen LogP contribution in [-0.2, 0) is 9.57 Å². The molecule has 1 rings (SSSR count). The highest BCUT2D eigenvalue weighted by molar-refractivity contribution is 5.66. The van der Waals surface area contributed by atoms with Crippen molar-refractivity contribution in [1.29, 1.82) is 0 Å². The van der Waals surface area contributed by atoms with Crippen LogP contribution >= 0.6 is 0 Å². The van der Waals surface area contributed by atoms with E-state index in [1.54, 1.807) is 0 Å². The molecule has 0 aliphatic carbocycles. The Morgan fingerprint density at radius 2 is 2.00 bits per heavy atom. The highest BCUT2D eigenvalue weighted by Crippen LogP contribution is 2.11. The van der Waals surface area contributed by atoms with Crippen molar-refractivity contribution >= 4 is 6.09 Å².